The van der Waals surface area contributed by atoms with Crippen molar-refractivity contribution in [1.82, 2.24) is 21.3 Å². The molecule has 6 N–H and O–H groups in total. The van der Waals surface area contributed by atoms with Crippen molar-refractivity contribution >= 4 is 0 Å². The maximum atomic E-state index is 5.43. The molecule has 0 aliphatic carbocycles. The predicted molar refractivity (Wildman–Crippen MR) is 135 cm³/mol. The van der Waals surface area contributed by atoms with Crippen LogP contribution in [0.15, 0.2) is 0 Å². The molecule has 0 saturated carbocycles. The van der Waals surface area contributed by atoms with Gasteiger partial charge < -0.3 is 27.0 Å². The van der Waals surface area contributed by atoms with Crippen LogP contribution in [0.1, 0.15) is 103 Å². The lowest BCUT2D eigenvalue weighted by Gasteiger charge is -2.08. The third-order valence-corrected chi connectivity index (χ3v) is 5.71. The summed E-state index contributed by atoms with van der Waals surface area (Å²) < 4.78 is 0. The first-order valence-electron chi connectivity index (χ1n) is 13.4. The van der Waals surface area contributed by atoms with Crippen LogP contribution < -0.4 is 27.0 Å². The lowest BCUT2D eigenvalue weighted by Crippen LogP contribution is -2.36. The minimum atomic E-state index is 0.716. The largest absolute Gasteiger partial charge is 0.329 e. The van der Waals surface area contributed by atoms with Crippen LogP contribution in [0.25, 0.3) is 0 Å². The third-order valence-electron chi connectivity index (χ3n) is 5.71. The van der Waals surface area contributed by atoms with Crippen molar-refractivity contribution in [3.63, 3.8) is 0 Å². The van der Waals surface area contributed by atoms with Gasteiger partial charge in [0.05, 0.1) is 0 Å². The molecular weight excluding hydrogens is 370 g/mol. The number of rotatable bonds is 27. The summed E-state index contributed by atoms with van der Waals surface area (Å²) in [5.74, 6) is 0. The summed E-state index contributed by atoms with van der Waals surface area (Å²) in [6.07, 6.45) is 21.5. The summed E-state index contributed by atoms with van der Waals surface area (Å²) in [7, 11) is 0. The van der Waals surface area contributed by atoms with Crippen LogP contribution in [-0.4, -0.2) is 58.9 Å². The van der Waals surface area contributed by atoms with E-state index in [0.717, 1.165) is 45.8 Å². The Morgan fingerprint density at radius 2 is 0.667 bits per heavy atom. The second-order valence-corrected chi connectivity index (χ2v) is 8.74. The van der Waals surface area contributed by atoms with E-state index in [1.807, 2.05) is 0 Å². The van der Waals surface area contributed by atoms with Gasteiger partial charge in [-0.1, -0.05) is 96.8 Å². The van der Waals surface area contributed by atoms with Crippen LogP contribution in [0.4, 0.5) is 0 Å². The van der Waals surface area contributed by atoms with E-state index >= 15 is 0 Å². The topological polar surface area (TPSA) is 74.1 Å². The fraction of sp³-hybridized carbons (Fsp3) is 1.00. The van der Waals surface area contributed by atoms with Gasteiger partial charge in [0, 0.05) is 52.4 Å². The summed E-state index contributed by atoms with van der Waals surface area (Å²) in [4.78, 5) is 0. The molecule has 0 rings (SSSR count). The Bertz CT molecular complexity index is 261. The highest BCUT2D eigenvalue weighted by molar-refractivity contribution is 4.57. The monoisotopic (exact) mass is 427 g/mol. The van der Waals surface area contributed by atoms with Crippen molar-refractivity contribution in [3.8, 4) is 0 Å². The zero-order valence-corrected chi connectivity index (χ0v) is 20.5. The van der Waals surface area contributed by atoms with Gasteiger partial charge in [0.15, 0.2) is 0 Å². The Kier molecular flexibility index (Phi) is 28.6. The van der Waals surface area contributed by atoms with Crippen LogP contribution in [-0.2, 0) is 0 Å². The minimum absolute atomic E-state index is 0.716. The Morgan fingerprint density at radius 1 is 0.367 bits per heavy atom. The van der Waals surface area contributed by atoms with Crippen molar-refractivity contribution < 1.29 is 0 Å². The molecule has 30 heavy (non-hydrogen) atoms. The number of hydrogen-bond acceptors (Lipinski definition) is 5. The van der Waals surface area contributed by atoms with E-state index < -0.39 is 0 Å². The Balaban J connectivity index is 2.97. The van der Waals surface area contributed by atoms with Gasteiger partial charge in [-0.2, -0.15) is 0 Å². The van der Waals surface area contributed by atoms with Gasteiger partial charge in [0.25, 0.3) is 0 Å². The average molecular weight is 428 g/mol. The van der Waals surface area contributed by atoms with E-state index in [0.29, 0.717) is 6.54 Å². The molecule has 0 unspecified atom stereocenters. The zero-order chi connectivity index (χ0) is 21.8. The molecule has 0 aromatic carbocycles. The maximum Gasteiger partial charge on any atom is 0.00772 e. The summed E-state index contributed by atoms with van der Waals surface area (Å²) in [5, 5.41) is 13.7. The number of hydrogen-bond donors (Lipinski definition) is 5. The van der Waals surface area contributed by atoms with Crippen molar-refractivity contribution in [1.29, 1.82) is 0 Å². The highest BCUT2D eigenvalue weighted by Gasteiger charge is 1.95. The van der Waals surface area contributed by atoms with E-state index in [2.05, 4.69) is 28.2 Å². The van der Waals surface area contributed by atoms with Crippen molar-refractivity contribution in [2.75, 3.05) is 58.9 Å². The highest BCUT2D eigenvalue weighted by Crippen LogP contribution is 2.13. The summed E-state index contributed by atoms with van der Waals surface area (Å²) in [5.41, 5.74) is 5.43. The molecule has 0 heterocycles. The normalized spacial score (nSPS) is 11.4. The van der Waals surface area contributed by atoms with Crippen molar-refractivity contribution in [2.45, 2.75) is 103 Å². The Labute approximate surface area is 189 Å². The first-order valence-corrected chi connectivity index (χ1v) is 13.4. The van der Waals surface area contributed by atoms with E-state index in [4.69, 9.17) is 5.73 Å². The number of unbranched alkanes of at least 4 members (excludes halogenated alkanes) is 14. The summed E-state index contributed by atoms with van der Waals surface area (Å²) in [6.45, 7) is 11.3. The van der Waals surface area contributed by atoms with E-state index in [1.165, 1.54) is 103 Å². The molecule has 5 nitrogen and oxygen atoms in total. The second kappa shape index (κ2) is 28.8. The first-order chi connectivity index (χ1) is 14.9. The van der Waals surface area contributed by atoms with E-state index in [1.54, 1.807) is 0 Å². The third kappa shape index (κ3) is 27.8. The van der Waals surface area contributed by atoms with Gasteiger partial charge in [0.1, 0.15) is 0 Å². The molecule has 0 spiro atoms. The molecule has 0 saturated heterocycles. The lowest BCUT2D eigenvalue weighted by molar-refractivity contribution is 0.524. The standard InChI is InChI=1S/C25H57N5/c1-2-3-4-5-6-7-8-9-10-11-12-13-14-15-16-18-27-20-22-29-24-25-30-23-21-28-19-17-26/h27-30H,2-26H2,1H3. The second-order valence-electron chi connectivity index (χ2n) is 8.74. The van der Waals surface area contributed by atoms with Crippen LogP contribution in [0.2, 0.25) is 0 Å². The smallest absolute Gasteiger partial charge is 0.00772 e. The van der Waals surface area contributed by atoms with Crippen LogP contribution in [0.5, 0.6) is 0 Å². The molecule has 0 radical (unpaired) electrons. The molecule has 0 aromatic rings. The minimum Gasteiger partial charge on any atom is -0.329 e. The van der Waals surface area contributed by atoms with Crippen LogP contribution >= 0.6 is 0 Å². The van der Waals surface area contributed by atoms with Crippen LogP contribution in [0.3, 0.4) is 0 Å². The Morgan fingerprint density at radius 3 is 1.03 bits per heavy atom. The fourth-order valence-electron chi connectivity index (χ4n) is 3.75. The molecule has 0 bridgehead atoms. The summed E-state index contributed by atoms with van der Waals surface area (Å²) in [6, 6.07) is 0. The zero-order valence-electron chi connectivity index (χ0n) is 20.5. The molecule has 0 fully saturated rings. The lowest BCUT2D eigenvalue weighted by atomic mass is 10.0. The first kappa shape index (κ1) is 29.8. The Hall–Kier alpha value is -0.200. The summed E-state index contributed by atoms with van der Waals surface area (Å²) >= 11 is 0. The number of nitrogens with two attached hydrogens (primary N) is 1. The van der Waals surface area contributed by atoms with Crippen molar-refractivity contribution in [3.05, 3.63) is 0 Å². The van der Waals surface area contributed by atoms with Gasteiger partial charge in [-0.3, -0.25) is 0 Å². The van der Waals surface area contributed by atoms with Gasteiger partial charge in [-0.25, -0.2) is 0 Å². The maximum absolute atomic E-state index is 5.43. The SMILES string of the molecule is CCCCCCCCCCCCCCCCCNCCNCCNCCNCCN. The van der Waals surface area contributed by atoms with Crippen molar-refractivity contribution in [2.24, 2.45) is 5.73 Å². The molecule has 182 valence electrons. The molecular formula is C25H57N5. The van der Waals surface area contributed by atoms with Gasteiger partial charge in [-0.15, -0.1) is 0 Å². The molecule has 0 aliphatic rings. The quantitative estimate of drug-likeness (QED) is 0.127. The molecule has 0 aliphatic heterocycles. The van der Waals surface area contributed by atoms with Gasteiger partial charge >= 0.3 is 0 Å². The number of nitrogens with one attached hydrogen (secondary N) is 4. The molecule has 0 atom stereocenters. The van der Waals surface area contributed by atoms with E-state index in [9.17, 15) is 0 Å². The predicted octanol–water partition coefficient (Wildman–Crippen LogP) is 4.17. The fourth-order valence-corrected chi connectivity index (χ4v) is 3.75. The van der Waals surface area contributed by atoms with Gasteiger partial charge in [-0.05, 0) is 13.0 Å². The molecule has 0 amide bonds. The average Bonchev–Trinajstić information content (AvgIpc) is 2.76. The molecule has 5 heteroatoms. The van der Waals surface area contributed by atoms with E-state index in [-0.39, 0.29) is 0 Å². The molecule has 0 aromatic heterocycles. The van der Waals surface area contributed by atoms with Gasteiger partial charge in [0.2, 0.25) is 0 Å². The van der Waals surface area contributed by atoms with Crippen LogP contribution in [0, 0.1) is 0 Å². The highest BCUT2D eigenvalue weighted by atomic mass is 15.0.